The summed E-state index contributed by atoms with van der Waals surface area (Å²) in [6, 6.07) is 12.3. The number of benzene rings is 2. The van der Waals surface area contributed by atoms with Crippen molar-refractivity contribution >= 4 is 11.7 Å². The highest BCUT2D eigenvalue weighted by Crippen LogP contribution is 2.34. The first-order chi connectivity index (χ1) is 13.7. The molecule has 2 amide bonds. The van der Waals surface area contributed by atoms with Crippen molar-refractivity contribution in [1.29, 1.82) is 0 Å². The van der Waals surface area contributed by atoms with Crippen LogP contribution in [0.1, 0.15) is 5.56 Å². The smallest absolute Gasteiger partial charge is 0.324 e. The van der Waals surface area contributed by atoms with Crippen molar-refractivity contribution in [3.05, 3.63) is 66.2 Å². The molecule has 1 N–H and O–H groups in total. The summed E-state index contributed by atoms with van der Waals surface area (Å²) in [6.07, 6.45) is 4.03. The summed E-state index contributed by atoms with van der Waals surface area (Å²) in [6.45, 7) is 1.64. The molecular formula is C21H21FN4O2. The first-order valence-corrected chi connectivity index (χ1v) is 9.14. The Morgan fingerprint density at radius 2 is 2.04 bits per heavy atom. The number of urea groups is 1. The number of ether oxygens (including phenoxy) is 1. The van der Waals surface area contributed by atoms with Crippen molar-refractivity contribution in [3.63, 3.8) is 0 Å². The van der Waals surface area contributed by atoms with Crippen LogP contribution in [-0.4, -0.2) is 47.9 Å². The molecule has 0 saturated carbocycles. The number of H-pyrrole nitrogens is 1. The third kappa shape index (κ3) is 3.43. The van der Waals surface area contributed by atoms with Crippen molar-refractivity contribution in [2.24, 2.45) is 0 Å². The van der Waals surface area contributed by atoms with Gasteiger partial charge in [-0.1, -0.05) is 24.3 Å². The zero-order chi connectivity index (χ0) is 19.5. The van der Waals surface area contributed by atoms with Gasteiger partial charge in [0, 0.05) is 31.4 Å². The summed E-state index contributed by atoms with van der Waals surface area (Å²) in [7, 11) is 1.59. The van der Waals surface area contributed by atoms with E-state index in [2.05, 4.69) is 10.2 Å². The van der Waals surface area contributed by atoms with Crippen LogP contribution in [0.2, 0.25) is 0 Å². The fourth-order valence-corrected chi connectivity index (χ4v) is 3.46. The second kappa shape index (κ2) is 7.72. The normalized spacial score (nSPS) is 14.0. The van der Waals surface area contributed by atoms with E-state index in [-0.39, 0.29) is 11.8 Å². The van der Waals surface area contributed by atoms with Crippen molar-refractivity contribution in [1.82, 2.24) is 15.1 Å². The Balaban J connectivity index is 1.49. The van der Waals surface area contributed by atoms with E-state index in [4.69, 9.17) is 4.74 Å². The molecular weight excluding hydrogens is 359 g/mol. The van der Waals surface area contributed by atoms with E-state index in [9.17, 15) is 9.18 Å². The van der Waals surface area contributed by atoms with Crippen LogP contribution in [0.25, 0.3) is 11.1 Å². The SMILES string of the molecule is COc1cc(-c2cn[nH]c2)ccc1N1CCN(CCc2ccccc2F)C1=O. The predicted molar refractivity (Wildman–Crippen MR) is 105 cm³/mol. The Hall–Kier alpha value is -3.35. The summed E-state index contributed by atoms with van der Waals surface area (Å²) in [5, 5.41) is 6.75. The molecule has 2 heterocycles. The minimum Gasteiger partial charge on any atom is -0.495 e. The minimum absolute atomic E-state index is 0.0919. The van der Waals surface area contributed by atoms with Crippen LogP contribution in [-0.2, 0) is 6.42 Å². The number of rotatable bonds is 6. The van der Waals surface area contributed by atoms with Crippen molar-refractivity contribution in [2.45, 2.75) is 6.42 Å². The van der Waals surface area contributed by atoms with Gasteiger partial charge in [0.05, 0.1) is 19.0 Å². The Morgan fingerprint density at radius 1 is 1.18 bits per heavy atom. The maximum atomic E-state index is 13.8. The Kier molecular flexibility index (Phi) is 4.97. The Morgan fingerprint density at radius 3 is 2.79 bits per heavy atom. The second-order valence-corrected chi connectivity index (χ2v) is 6.64. The minimum atomic E-state index is -0.234. The number of hydrogen-bond acceptors (Lipinski definition) is 3. The van der Waals surface area contributed by atoms with Gasteiger partial charge >= 0.3 is 6.03 Å². The quantitative estimate of drug-likeness (QED) is 0.709. The Bertz CT molecular complexity index is 974. The fraction of sp³-hybridized carbons (Fsp3) is 0.238. The lowest BCUT2D eigenvalue weighted by molar-refractivity contribution is 0.221. The van der Waals surface area contributed by atoms with E-state index in [0.717, 1.165) is 16.8 Å². The van der Waals surface area contributed by atoms with Gasteiger partial charge in [0.2, 0.25) is 0 Å². The number of hydrogen-bond donors (Lipinski definition) is 1. The molecule has 1 aliphatic rings. The second-order valence-electron chi connectivity index (χ2n) is 6.64. The third-order valence-electron chi connectivity index (χ3n) is 5.01. The Labute approximate surface area is 162 Å². The molecule has 28 heavy (non-hydrogen) atoms. The zero-order valence-electron chi connectivity index (χ0n) is 15.6. The highest BCUT2D eigenvalue weighted by molar-refractivity contribution is 5.96. The average molecular weight is 380 g/mol. The lowest BCUT2D eigenvalue weighted by atomic mass is 10.1. The maximum Gasteiger partial charge on any atom is 0.324 e. The van der Waals surface area contributed by atoms with Crippen molar-refractivity contribution in [3.8, 4) is 16.9 Å². The van der Waals surface area contributed by atoms with Crippen molar-refractivity contribution in [2.75, 3.05) is 31.6 Å². The summed E-state index contributed by atoms with van der Waals surface area (Å²) in [4.78, 5) is 16.3. The molecule has 144 valence electrons. The molecule has 1 fully saturated rings. The van der Waals surface area contributed by atoms with Crippen LogP contribution in [0.5, 0.6) is 5.75 Å². The van der Waals surface area contributed by atoms with Gasteiger partial charge in [-0.05, 0) is 35.7 Å². The summed E-state index contributed by atoms with van der Waals surface area (Å²) in [5.41, 5.74) is 3.26. The summed E-state index contributed by atoms with van der Waals surface area (Å²) in [5.74, 6) is 0.394. The molecule has 1 aliphatic heterocycles. The van der Waals surface area contributed by atoms with Gasteiger partial charge < -0.3 is 9.64 Å². The standard InChI is InChI=1S/C21H21FN4O2/c1-28-20-12-16(17-13-23-24-14-17)6-7-19(20)26-11-10-25(21(26)27)9-8-15-4-2-3-5-18(15)22/h2-7,12-14H,8-11H2,1H3,(H,23,24). The molecule has 3 aromatic rings. The molecule has 0 bridgehead atoms. The molecule has 0 atom stereocenters. The van der Waals surface area contributed by atoms with Crippen LogP contribution in [0.15, 0.2) is 54.9 Å². The van der Waals surface area contributed by atoms with Crippen LogP contribution in [0.4, 0.5) is 14.9 Å². The highest BCUT2D eigenvalue weighted by atomic mass is 19.1. The molecule has 4 rings (SSSR count). The number of carbonyl (C=O) groups is 1. The van der Waals surface area contributed by atoms with E-state index in [1.54, 1.807) is 41.4 Å². The molecule has 1 aromatic heterocycles. The number of aromatic amines is 1. The lowest BCUT2D eigenvalue weighted by Crippen LogP contribution is -2.33. The zero-order valence-corrected chi connectivity index (χ0v) is 15.6. The van der Waals surface area contributed by atoms with Gasteiger partial charge in [0.1, 0.15) is 11.6 Å². The van der Waals surface area contributed by atoms with Crippen LogP contribution < -0.4 is 9.64 Å². The number of carbonyl (C=O) groups excluding carboxylic acids is 1. The van der Waals surface area contributed by atoms with E-state index >= 15 is 0 Å². The van der Waals surface area contributed by atoms with E-state index in [0.29, 0.717) is 37.4 Å². The first kappa shape index (κ1) is 18.0. The number of aromatic nitrogens is 2. The van der Waals surface area contributed by atoms with Gasteiger partial charge in [-0.15, -0.1) is 0 Å². The number of nitrogens with zero attached hydrogens (tertiary/aromatic N) is 3. The first-order valence-electron chi connectivity index (χ1n) is 9.14. The molecule has 0 radical (unpaired) electrons. The molecule has 0 spiro atoms. The lowest BCUT2D eigenvalue weighted by Gasteiger charge is -2.21. The van der Waals surface area contributed by atoms with Crippen LogP contribution in [0, 0.1) is 5.82 Å². The number of halogens is 1. The van der Waals surface area contributed by atoms with Crippen LogP contribution >= 0.6 is 0 Å². The number of amides is 2. The molecule has 1 saturated heterocycles. The van der Waals surface area contributed by atoms with Crippen molar-refractivity contribution < 1.29 is 13.9 Å². The fourth-order valence-electron chi connectivity index (χ4n) is 3.46. The van der Waals surface area contributed by atoms with Gasteiger partial charge in [0.25, 0.3) is 0 Å². The molecule has 0 aliphatic carbocycles. The van der Waals surface area contributed by atoms with Gasteiger partial charge in [-0.2, -0.15) is 5.10 Å². The van der Waals surface area contributed by atoms with Gasteiger partial charge in [-0.3, -0.25) is 10.00 Å². The average Bonchev–Trinajstić information content (AvgIpc) is 3.37. The molecule has 0 unspecified atom stereocenters. The highest BCUT2D eigenvalue weighted by Gasteiger charge is 2.31. The van der Waals surface area contributed by atoms with Gasteiger partial charge in [0.15, 0.2) is 0 Å². The topological polar surface area (TPSA) is 61.5 Å². The molecule has 2 aromatic carbocycles. The maximum absolute atomic E-state index is 13.8. The largest absolute Gasteiger partial charge is 0.495 e. The van der Waals surface area contributed by atoms with E-state index in [1.165, 1.54) is 6.07 Å². The predicted octanol–water partition coefficient (Wildman–Crippen LogP) is 3.71. The van der Waals surface area contributed by atoms with Gasteiger partial charge in [-0.25, -0.2) is 9.18 Å². The molecule has 6 nitrogen and oxygen atoms in total. The summed E-state index contributed by atoms with van der Waals surface area (Å²) < 4.78 is 19.4. The number of methoxy groups -OCH3 is 1. The monoisotopic (exact) mass is 380 g/mol. The third-order valence-corrected chi connectivity index (χ3v) is 5.01. The number of nitrogens with one attached hydrogen (secondary N) is 1. The number of anilines is 1. The van der Waals surface area contributed by atoms with E-state index < -0.39 is 0 Å². The van der Waals surface area contributed by atoms with Crippen LogP contribution in [0.3, 0.4) is 0 Å². The molecule has 7 heteroatoms. The van der Waals surface area contributed by atoms with E-state index in [1.807, 2.05) is 24.3 Å². The summed E-state index contributed by atoms with van der Waals surface area (Å²) >= 11 is 0.